The van der Waals surface area contributed by atoms with Crippen molar-refractivity contribution in [1.29, 1.82) is 0 Å². The van der Waals surface area contributed by atoms with Gasteiger partial charge in [0.2, 0.25) is 5.91 Å². The number of halogens is 1. The Morgan fingerprint density at radius 2 is 1.53 bits per heavy atom. The van der Waals surface area contributed by atoms with Gasteiger partial charge in [0, 0.05) is 12.3 Å². The van der Waals surface area contributed by atoms with Gasteiger partial charge >= 0.3 is 0 Å². The molecule has 0 spiro atoms. The molecule has 0 saturated carbocycles. The Balaban J connectivity index is 1.57. The maximum absolute atomic E-state index is 13.4. The van der Waals surface area contributed by atoms with E-state index >= 15 is 0 Å². The van der Waals surface area contributed by atoms with Crippen LogP contribution in [0.3, 0.4) is 0 Å². The molecule has 0 heterocycles. The molecule has 0 aliphatic rings. The first kappa shape index (κ1) is 23.8. The molecule has 0 aliphatic heterocycles. The van der Waals surface area contributed by atoms with E-state index in [2.05, 4.69) is 17.4 Å². The molecule has 1 amide bonds. The van der Waals surface area contributed by atoms with Crippen molar-refractivity contribution in [1.82, 2.24) is 5.32 Å². The van der Waals surface area contributed by atoms with Crippen LogP contribution in [0.2, 0.25) is 0 Å². The lowest BCUT2D eigenvalue weighted by Crippen LogP contribution is -2.41. The van der Waals surface area contributed by atoms with Gasteiger partial charge in [-0.25, -0.2) is 12.8 Å². The predicted molar refractivity (Wildman–Crippen MR) is 128 cm³/mol. The Kier molecular flexibility index (Phi) is 8.70. The highest BCUT2D eigenvalue weighted by Gasteiger charge is 2.27. The van der Waals surface area contributed by atoms with Gasteiger partial charge in [0.25, 0.3) is 10.0 Å². The molecule has 0 saturated heterocycles. The van der Waals surface area contributed by atoms with Gasteiger partial charge in [-0.2, -0.15) is 11.8 Å². The summed E-state index contributed by atoms with van der Waals surface area (Å²) in [6, 6.07) is 23.1. The van der Waals surface area contributed by atoms with Crippen LogP contribution in [0.25, 0.3) is 0 Å². The normalized spacial score (nSPS) is 11.2. The van der Waals surface area contributed by atoms with Gasteiger partial charge in [-0.1, -0.05) is 48.5 Å². The topological polar surface area (TPSA) is 66.5 Å². The molecular formula is C24H25FN2O3S2. The summed E-state index contributed by atoms with van der Waals surface area (Å²) in [6.07, 6.45) is 0.769. The monoisotopic (exact) mass is 472 g/mol. The van der Waals surface area contributed by atoms with Crippen LogP contribution in [0.4, 0.5) is 10.1 Å². The largest absolute Gasteiger partial charge is 0.354 e. The van der Waals surface area contributed by atoms with Crippen molar-refractivity contribution in [3.8, 4) is 0 Å². The molecule has 0 fully saturated rings. The maximum atomic E-state index is 13.4. The number of carbonyl (C=O) groups excluding carboxylic acids is 1. The highest BCUT2D eigenvalue weighted by Crippen LogP contribution is 2.23. The Hall–Kier alpha value is -2.84. The lowest BCUT2D eigenvalue weighted by atomic mass is 10.2. The Bertz CT molecular complexity index is 1090. The van der Waals surface area contributed by atoms with Crippen molar-refractivity contribution in [2.24, 2.45) is 0 Å². The number of rotatable bonds is 11. The van der Waals surface area contributed by atoms with Crippen LogP contribution in [-0.4, -0.2) is 33.2 Å². The van der Waals surface area contributed by atoms with Gasteiger partial charge in [0.1, 0.15) is 12.4 Å². The lowest BCUT2D eigenvalue weighted by molar-refractivity contribution is -0.119. The van der Waals surface area contributed by atoms with Crippen LogP contribution in [0, 0.1) is 5.82 Å². The van der Waals surface area contributed by atoms with E-state index in [1.165, 1.54) is 42.0 Å². The summed E-state index contributed by atoms with van der Waals surface area (Å²) < 4.78 is 40.7. The molecule has 0 bridgehead atoms. The molecule has 168 valence electrons. The molecular weight excluding hydrogens is 447 g/mol. The molecule has 0 radical (unpaired) electrons. The van der Waals surface area contributed by atoms with Crippen molar-refractivity contribution in [2.75, 3.05) is 23.1 Å². The molecule has 32 heavy (non-hydrogen) atoms. The fraction of sp³-hybridized carbons (Fsp3) is 0.208. The summed E-state index contributed by atoms with van der Waals surface area (Å²) in [5, 5.41) is 2.78. The molecule has 3 aromatic rings. The molecule has 8 heteroatoms. The summed E-state index contributed by atoms with van der Waals surface area (Å²) in [5.41, 5.74) is 1.48. The number of anilines is 1. The third-order valence-corrected chi connectivity index (χ3v) is 7.54. The molecule has 5 nitrogen and oxygen atoms in total. The fourth-order valence-electron chi connectivity index (χ4n) is 2.99. The second kappa shape index (κ2) is 11.7. The first-order chi connectivity index (χ1) is 15.5. The number of benzene rings is 3. The number of hydrogen-bond acceptors (Lipinski definition) is 4. The van der Waals surface area contributed by atoms with Crippen LogP contribution in [0.15, 0.2) is 89.8 Å². The summed E-state index contributed by atoms with van der Waals surface area (Å²) >= 11 is 1.78. The summed E-state index contributed by atoms with van der Waals surface area (Å²) in [5.74, 6) is 0.881. The molecule has 0 unspecified atom stereocenters. The van der Waals surface area contributed by atoms with Gasteiger partial charge in [-0.05, 0) is 54.1 Å². The van der Waals surface area contributed by atoms with Crippen LogP contribution < -0.4 is 9.62 Å². The minimum Gasteiger partial charge on any atom is -0.354 e. The zero-order valence-electron chi connectivity index (χ0n) is 17.5. The van der Waals surface area contributed by atoms with Gasteiger partial charge in [-0.3, -0.25) is 9.10 Å². The van der Waals surface area contributed by atoms with E-state index < -0.39 is 21.7 Å². The van der Waals surface area contributed by atoms with Crippen LogP contribution in [0.1, 0.15) is 12.0 Å². The zero-order valence-corrected chi connectivity index (χ0v) is 19.1. The van der Waals surface area contributed by atoms with Crippen molar-refractivity contribution >= 4 is 33.4 Å². The number of thioether (sulfide) groups is 1. The van der Waals surface area contributed by atoms with E-state index in [1.807, 2.05) is 18.2 Å². The number of hydrogen-bond donors (Lipinski definition) is 1. The van der Waals surface area contributed by atoms with Crippen molar-refractivity contribution in [3.63, 3.8) is 0 Å². The van der Waals surface area contributed by atoms with Crippen molar-refractivity contribution in [3.05, 3.63) is 96.3 Å². The van der Waals surface area contributed by atoms with E-state index in [4.69, 9.17) is 0 Å². The molecule has 0 aromatic heterocycles. The Morgan fingerprint density at radius 3 is 2.19 bits per heavy atom. The number of sulfonamides is 1. The first-order valence-corrected chi connectivity index (χ1v) is 12.8. The molecule has 0 atom stereocenters. The van der Waals surface area contributed by atoms with Crippen LogP contribution in [0.5, 0.6) is 0 Å². The van der Waals surface area contributed by atoms with Gasteiger partial charge in [0.05, 0.1) is 10.6 Å². The fourth-order valence-corrected chi connectivity index (χ4v) is 5.36. The van der Waals surface area contributed by atoms with E-state index in [-0.39, 0.29) is 17.1 Å². The Labute approximate surface area is 192 Å². The van der Waals surface area contributed by atoms with Gasteiger partial charge in [0.15, 0.2) is 0 Å². The lowest BCUT2D eigenvalue weighted by Gasteiger charge is -2.24. The van der Waals surface area contributed by atoms with Crippen LogP contribution >= 0.6 is 11.8 Å². The summed E-state index contributed by atoms with van der Waals surface area (Å²) in [7, 11) is -3.99. The first-order valence-electron chi connectivity index (χ1n) is 10.2. The van der Waals surface area contributed by atoms with Crippen LogP contribution in [-0.2, 0) is 20.6 Å². The van der Waals surface area contributed by atoms with Gasteiger partial charge < -0.3 is 5.32 Å². The number of nitrogens with one attached hydrogen (secondary N) is 1. The third kappa shape index (κ3) is 6.83. The summed E-state index contributed by atoms with van der Waals surface area (Å²) in [6.45, 7) is 0.0588. The van der Waals surface area contributed by atoms with E-state index in [9.17, 15) is 17.6 Å². The smallest absolute Gasteiger partial charge is 0.264 e. The minimum absolute atomic E-state index is 0.0643. The zero-order chi connectivity index (χ0) is 22.8. The molecule has 3 rings (SSSR count). The predicted octanol–water partition coefficient (Wildman–Crippen LogP) is 4.46. The standard InChI is InChI=1S/C24H25FN2O3S2/c25-21-12-14-22(15-13-21)27(32(29,30)23-10-5-2-6-11-23)18-24(28)26-16-7-17-31-19-20-8-3-1-4-9-20/h1-6,8-15H,7,16-19H2,(H,26,28). The minimum atomic E-state index is -3.99. The van der Waals surface area contributed by atoms with E-state index in [1.54, 1.807) is 30.0 Å². The number of carbonyl (C=O) groups is 1. The highest BCUT2D eigenvalue weighted by atomic mass is 32.2. The van der Waals surface area contributed by atoms with Crippen molar-refractivity contribution < 1.29 is 17.6 Å². The molecule has 0 aliphatic carbocycles. The second-order valence-corrected chi connectivity index (χ2v) is 10.0. The van der Waals surface area contributed by atoms with Gasteiger partial charge in [-0.15, -0.1) is 0 Å². The molecule has 1 N–H and O–H groups in total. The average molecular weight is 473 g/mol. The van der Waals surface area contributed by atoms with E-state index in [0.717, 1.165) is 22.2 Å². The van der Waals surface area contributed by atoms with Crippen molar-refractivity contribution in [2.45, 2.75) is 17.1 Å². The summed E-state index contributed by atoms with van der Waals surface area (Å²) in [4.78, 5) is 12.6. The number of amides is 1. The number of nitrogens with zero attached hydrogens (tertiary/aromatic N) is 1. The third-order valence-electron chi connectivity index (χ3n) is 4.63. The average Bonchev–Trinajstić information content (AvgIpc) is 2.81. The second-order valence-electron chi connectivity index (χ2n) is 7.04. The maximum Gasteiger partial charge on any atom is 0.264 e. The quantitative estimate of drug-likeness (QED) is 0.419. The Morgan fingerprint density at radius 1 is 0.906 bits per heavy atom. The molecule has 3 aromatic carbocycles. The highest BCUT2D eigenvalue weighted by molar-refractivity contribution is 7.98. The van der Waals surface area contributed by atoms with E-state index in [0.29, 0.717) is 6.54 Å². The SMILES string of the molecule is O=C(CN(c1ccc(F)cc1)S(=O)(=O)c1ccccc1)NCCCSCc1ccccc1.